The molecule has 1 aromatic heterocycles. The first kappa shape index (κ1) is 23.6. The van der Waals surface area contributed by atoms with Gasteiger partial charge in [0.1, 0.15) is 22.2 Å². The predicted octanol–water partition coefficient (Wildman–Crippen LogP) is 5.64. The fourth-order valence-corrected chi connectivity index (χ4v) is 5.36. The number of thiazole rings is 1. The van der Waals surface area contributed by atoms with Crippen molar-refractivity contribution >= 4 is 23.4 Å². The molecule has 3 aromatic carbocycles. The zero-order chi connectivity index (χ0) is 25.1. The van der Waals surface area contributed by atoms with Crippen LogP contribution in [-0.4, -0.2) is 37.9 Å². The lowest BCUT2D eigenvalue weighted by atomic mass is 9.98. The minimum Gasteiger partial charge on any atom is -0.497 e. The summed E-state index contributed by atoms with van der Waals surface area (Å²) in [6.07, 6.45) is -0.544. The van der Waals surface area contributed by atoms with Gasteiger partial charge in [-0.3, -0.25) is 0 Å². The number of alkyl carbamates (subject to hydrolysis) is 1. The highest BCUT2D eigenvalue weighted by atomic mass is 32.1. The van der Waals surface area contributed by atoms with Crippen molar-refractivity contribution in [1.29, 1.82) is 0 Å². The van der Waals surface area contributed by atoms with Crippen molar-refractivity contribution in [3.8, 4) is 28.1 Å². The molecule has 0 saturated heterocycles. The molecule has 1 aliphatic carbocycles. The molecular weight excluding hydrogens is 476 g/mol. The Morgan fingerprint density at radius 3 is 2.17 bits per heavy atom. The van der Waals surface area contributed by atoms with Gasteiger partial charge in [-0.25, -0.2) is 14.6 Å². The van der Waals surface area contributed by atoms with Crippen molar-refractivity contribution in [2.45, 2.75) is 12.5 Å². The molecule has 0 spiro atoms. The normalized spacial score (nSPS) is 11.9. The Hall–Kier alpha value is -4.17. The van der Waals surface area contributed by atoms with E-state index in [0.717, 1.165) is 16.7 Å². The molecule has 0 fully saturated rings. The SMILES string of the molecule is COC(=O)c1sc(CNC(=O)OCC2c3ccccc3-c3ccccc32)nc1-c1ccc(OC)cc1. The van der Waals surface area contributed by atoms with Crippen molar-refractivity contribution in [2.24, 2.45) is 0 Å². The first-order chi connectivity index (χ1) is 17.6. The molecular formula is C28H24N2O5S. The molecule has 1 aliphatic rings. The van der Waals surface area contributed by atoms with Crippen molar-refractivity contribution in [2.75, 3.05) is 20.8 Å². The average molecular weight is 501 g/mol. The standard InChI is InChI=1S/C28H24N2O5S/c1-33-18-13-11-17(12-14-18)25-26(27(31)34-2)36-24(30-25)15-29-28(32)35-16-23-21-9-5-3-7-19(21)20-8-4-6-10-22(20)23/h3-14,23H,15-16H2,1-2H3,(H,29,32). The zero-order valence-electron chi connectivity index (χ0n) is 19.8. The van der Waals surface area contributed by atoms with Gasteiger partial charge in [-0.15, -0.1) is 11.3 Å². The molecule has 8 heteroatoms. The van der Waals surface area contributed by atoms with Gasteiger partial charge in [0.25, 0.3) is 0 Å². The van der Waals surface area contributed by atoms with Crippen LogP contribution in [0.2, 0.25) is 0 Å². The number of hydrogen-bond donors (Lipinski definition) is 1. The van der Waals surface area contributed by atoms with Crippen LogP contribution in [0.5, 0.6) is 5.75 Å². The van der Waals surface area contributed by atoms with E-state index in [0.29, 0.717) is 21.3 Å². The molecule has 0 radical (unpaired) electrons. The highest BCUT2D eigenvalue weighted by molar-refractivity contribution is 7.14. The second kappa shape index (κ2) is 10.2. The molecule has 36 heavy (non-hydrogen) atoms. The van der Waals surface area contributed by atoms with Crippen LogP contribution in [0.15, 0.2) is 72.8 Å². The molecule has 5 rings (SSSR count). The minimum absolute atomic E-state index is 0.0179. The van der Waals surface area contributed by atoms with Crippen LogP contribution in [0.3, 0.4) is 0 Å². The quantitative estimate of drug-likeness (QED) is 0.330. The second-order valence-corrected chi connectivity index (χ2v) is 9.27. The molecule has 0 bridgehead atoms. The maximum Gasteiger partial charge on any atom is 0.407 e. The van der Waals surface area contributed by atoms with Gasteiger partial charge < -0.3 is 19.5 Å². The number of nitrogens with one attached hydrogen (secondary N) is 1. The highest BCUT2D eigenvalue weighted by Crippen LogP contribution is 2.44. The van der Waals surface area contributed by atoms with Gasteiger partial charge in [0, 0.05) is 11.5 Å². The van der Waals surface area contributed by atoms with E-state index in [1.807, 2.05) is 36.4 Å². The van der Waals surface area contributed by atoms with E-state index >= 15 is 0 Å². The van der Waals surface area contributed by atoms with Crippen molar-refractivity contribution in [3.05, 3.63) is 93.8 Å². The Labute approximate surface area is 212 Å². The van der Waals surface area contributed by atoms with E-state index in [1.165, 1.54) is 29.6 Å². The number of aromatic nitrogens is 1. The molecule has 4 aromatic rings. The van der Waals surface area contributed by atoms with Crippen LogP contribution < -0.4 is 10.1 Å². The van der Waals surface area contributed by atoms with Crippen LogP contribution >= 0.6 is 11.3 Å². The minimum atomic E-state index is -0.544. The van der Waals surface area contributed by atoms with Crippen LogP contribution in [0.4, 0.5) is 4.79 Å². The third-order valence-corrected chi connectivity index (χ3v) is 7.17. The molecule has 1 heterocycles. The number of carbonyl (C=O) groups is 2. The fourth-order valence-electron chi connectivity index (χ4n) is 4.41. The number of ether oxygens (including phenoxy) is 3. The Balaban J connectivity index is 1.26. The van der Waals surface area contributed by atoms with Crippen molar-refractivity contribution in [1.82, 2.24) is 10.3 Å². The van der Waals surface area contributed by atoms with Gasteiger partial charge in [0.15, 0.2) is 0 Å². The number of amides is 1. The van der Waals surface area contributed by atoms with Gasteiger partial charge in [-0.2, -0.15) is 0 Å². The number of methoxy groups -OCH3 is 2. The van der Waals surface area contributed by atoms with E-state index in [4.69, 9.17) is 14.2 Å². The first-order valence-electron chi connectivity index (χ1n) is 11.4. The van der Waals surface area contributed by atoms with Gasteiger partial charge in [0.05, 0.1) is 26.5 Å². The summed E-state index contributed by atoms with van der Waals surface area (Å²) in [4.78, 5) is 29.9. The van der Waals surface area contributed by atoms with Gasteiger partial charge in [-0.1, -0.05) is 48.5 Å². The maximum absolute atomic E-state index is 12.6. The zero-order valence-corrected chi connectivity index (χ0v) is 20.6. The molecule has 0 unspecified atom stereocenters. The van der Waals surface area contributed by atoms with Crippen LogP contribution in [0, 0.1) is 0 Å². The number of nitrogens with zero attached hydrogens (tertiary/aromatic N) is 1. The lowest BCUT2D eigenvalue weighted by Crippen LogP contribution is -2.25. The van der Waals surface area contributed by atoms with Gasteiger partial charge in [-0.05, 0) is 46.5 Å². The summed E-state index contributed by atoms with van der Waals surface area (Å²) in [7, 11) is 2.92. The summed E-state index contributed by atoms with van der Waals surface area (Å²) < 4.78 is 15.7. The van der Waals surface area contributed by atoms with Crippen molar-refractivity contribution < 1.29 is 23.8 Å². The van der Waals surface area contributed by atoms with Crippen LogP contribution in [-0.2, 0) is 16.0 Å². The summed E-state index contributed by atoms with van der Waals surface area (Å²) >= 11 is 1.18. The summed E-state index contributed by atoms with van der Waals surface area (Å²) in [6.45, 7) is 0.351. The summed E-state index contributed by atoms with van der Waals surface area (Å²) in [5, 5.41) is 3.32. The molecule has 0 atom stereocenters. The number of esters is 1. The molecule has 0 aliphatic heterocycles. The highest BCUT2D eigenvalue weighted by Gasteiger charge is 2.29. The molecule has 0 saturated carbocycles. The van der Waals surface area contributed by atoms with E-state index in [9.17, 15) is 9.59 Å². The Kier molecular flexibility index (Phi) is 6.69. The number of rotatable bonds is 7. The number of fused-ring (bicyclic) bond motifs is 3. The molecule has 1 N–H and O–H groups in total. The molecule has 182 valence electrons. The van der Waals surface area contributed by atoms with Gasteiger partial charge in [0.2, 0.25) is 0 Å². The summed E-state index contributed by atoms with van der Waals surface area (Å²) in [5.41, 5.74) is 5.90. The maximum atomic E-state index is 12.6. The fraction of sp³-hybridized carbons (Fsp3) is 0.179. The third kappa shape index (κ3) is 4.55. The average Bonchev–Trinajstić information content (AvgIpc) is 3.50. The van der Waals surface area contributed by atoms with E-state index < -0.39 is 12.1 Å². The second-order valence-electron chi connectivity index (χ2n) is 8.18. The topological polar surface area (TPSA) is 86.8 Å². The molecule has 7 nitrogen and oxygen atoms in total. The number of hydrogen-bond acceptors (Lipinski definition) is 7. The van der Waals surface area contributed by atoms with E-state index in [-0.39, 0.29) is 19.1 Å². The van der Waals surface area contributed by atoms with Gasteiger partial charge >= 0.3 is 12.1 Å². The lowest BCUT2D eigenvalue weighted by Gasteiger charge is -2.14. The van der Waals surface area contributed by atoms with E-state index in [1.54, 1.807) is 19.2 Å². The smallest absolute Gasteiger partial charge is 0.407 e. The predicted molar refractivity (Wildman–Crippen MR) is 137 cm³/mol. The largest absolute Gasteiger partial charge is 0.497 e. The van der Waals surface area contributed by atoms with E-state index in [2.05, 4.69) is 34.6 Å². The Bertz CT molecular complexity index is 1370. The summed E-state index contributed by atoms with van der Waals surface area (Å²) in [6, 6.07) is 23.6. The Morgan fingerprint density at radius 1 is 0.917 bits per heavy atom. The van der Waals surface area contributed by atoms with Crippen LogP contribution in [0.25, 0.3) is 22.4 Å². The number of benzene rings is 3. The monoisotopic (exact) mass is 500 g/mol. The van der Waals surface area contributed by atoms with Crippen molar-refractivity contribution in [3.63, 3.8) is 0 Å². The van der Waals surface area contributed by atoms with Crippen LogP contribution in [0.1, 0.15) is 31.7 Å². The lowest BCUT2D eigenvalue weighted by molar-refractivity contribution is 0.0607. The Morgan fingerprint density at radius 2 is 1.56 bits per heavy atom. The summed E-state index contributed by atoms with van der Waals surface area (Å²) in [5.74, 6) is 0.201. The number of carbonyl (C=O) groups excluding carboxylic acids is 2. The third-order valence-electron chi connectivity index (χ3n) is 6.13. The molecule has 1 amide bonds. The first-order valence-corrected chi connectivity index (χ1v) is 12.2.